The molecule has 1 saturated heterocycles. The van der Waals surface area contributed by atoms with Crippen LogP contribution in [0.5, 0.6) is 0 Å². The molecule has 1 heterocycles. The van der Waals surface area contributed by atoms with E-state index in [4.69, 9.17) is 10.5 Å². The van der Waals surface area contributed by atoms with Crippen molar-refractivity contribution in [2.45, 2.75) is 25.4 Å². The van der Waals surface area contributed by atoms with Gasteiger partial charge in [-0.3, -0.25) is 4.79 Å². The van der Waals surface area contributed by atoms with Crippen LogP contribution in [0.15, 0.2) is 12.1 Å². The maximum Gasteiger partial charge on any atom is 0.256 e. The Hall–Kier alpha value is -1.69. The van der Waals surface area contributed by atoms with E-state index < -0.39 is 17.5 Å². The molecule has 4 nitrogen and oxygen atoms in total. The van der Waals surface area contributed by atoms with E-state index >= 15 is 0 Å². The summed E-state index contributed by atoms with van der Waals surface area (Å²) in [5.41, 5.74) is 4.92. The number of rotatable bonds is 3. The van der Waals surface area contributed by atoms with Crippen LogP contribution in [0.25, 0.3) is 0 Å². The van der Waals surface area contributed by atoms with Crippen LogP contribution in [-0.4, -0.2) is 37.1 Å². The van der Waals surface area contributed by atoms with Crippen molar-refractivity contribution in [3.05, 3.63) is 29.3 Å². The Kier molecular flexibility index (Phi) is 4.54. The van der Waals surface area contributed by atoms with Crippen LogP contribution in [0.1, 0.15) is 29.6 Å². The van der Waals surface area contributed by atoms with Crippen LogP contribution in [0.2, 0.25) is 0 Å². The molecule has 0 bridgehead atoms. The summed E-state index contributed by atoms with van der Waals surface area (Å²) in [5.74, 6) is -2.29. The molecule has 0 spiro atoms. The molecule has 0 radical (unpaired) electrons. The molecule has 1 fully saturated rings. The van der Waals surface area contributed by atoms with Gasteiger partial charge in [-0.15, -0.1) is 0 Å². The fraction of sp³-hybridized carbons (Fsp3) is 0.500. The molecule has 2 rings (SSSR count). The minimum atomic E-state index is -0.905. The summed E-state index contributed by atoms with van der Waals surface area (Å²) in [6.45, 7) is 1.07. The highest BCUT2D eigenvalue weighted by Crippen LogP contribution is 2.19. The molecular weight excluding hydrogens is 266 g/mol. The summed E-state index contributed by atoms with van der Waals surface area (Å²) in [6, 6.07) is 1.67. The molecule has 1 aliphatic heterocycles. The number of benzene rings is 1. The largest absolute Gasteiger partial charge is 0.396 e. The van der Waals surface area contributed by atoms with E-state index in [2.05, 4.69) is 0 Å². The molecular formula is C14H18F2N2O2. The normalized spacial score (nSPS) is 18.9. The lowest BCUT2D eigenvalue weighted by molar-refractivity contribution is -0.000271. The minimum Gasteiger partial charge on any atom is -0.396 e. The van der Waals surface area contributed by atoms with Crippen molar-refractivity contribution in [2.75, 3.05) is 25.9 Å². The number of nitrogen functional groups attached to an aromatic ring is 1. The van der Waals surface area contributed by atoms with E-state index in [0.29, 0.717) is 19.2 Å². The van der Waals surface area contributed by atoms with Gasteiger partial charge in [-0.05, 0) is 25.3 Å². The van der Waals surface area contributed by atoms with Crippen molar-refractivity contribution >= 4 is 11.6 Å². The number of ether oxygens (including phenoxy) is 1. The second-order valence-corrected chi connectivity index (χ2v) is 5.03. The number of carbonyl (C=O) groups is 1. The summed E-state index contributed by atoms with van der Waals surface area (Å²) in [6.07, 6.45) is 2.94. The smallest absolute Gasteiger partial charge is 0.256 e. The molecule has 20 heavy (non-hydrogen) atoms. The summed E-state index contributed by atoms with van der Waals surface area (Å²) in [5, 5.41) is 0. The summed E-state index contributed by atoms with van der Waals surface area (Å²) < 4.78 is 32.3. The second-order valence-electron chi connectivity index (χ2n) is 5.03. The average molecular weight is 284 g/mol. The van der Waals surface area contributed by atoms with E-state index in [9.17, 15) is 13.6 Å². The third-order valence-electron chi connectivity index (χ3n) is 3.41. The van der Waals surface area contributed by atoms with E-state index in [0.717, 1.165) is 25.3 Å². The number of amides is 1. The number of nitrogens with zero attached hydrogens (tertiary/aromatic N) is 1. The van der Waals surface area contributed by atoms with Crippen molar-refractivity contribution in [1.29, 1.82) is 0 Å². The number of nitrogens with two attached hydrogens (primary N) is 1. The molecule has 6 heteroatoms. The van der Waals surface area contributed by atoms with Crippen LogP contribution in [0.3, 0.4) is 0 Å². The Morgan fingerprint density at radius 3 is 2.80 bits per heavy atom. The Morgan fingerprint density at radius 2 is 2.15 bits per heavy atom. The van der Waals surface area contributed by atoms with Gasteiger partial charge in [0.05, 0.1) is 17.4 Å². The number of hydrogen-bond acceptors (Lipinski definition) is 3. The first kappa shape index (κ1) is 14.7. The van der Waals surface area contributed by atoms with Crippen molar-refractivity contribution in [1.82, 2.24) is 4.90 Å². The van der Waals surface area contributed by atoms with Gasteiger partial charge in [0.2, 0.25) is 0 Å². The molecule has 2 N–H and O–H groups in total. The SMILES string of the molecule is CN(CC1CCCCO1)C(=O)c1cc(N)c(F)cc1F. The maximum atomic E-state index is 13.6. The van der Waals surface area contributed by atoms with E-state index in [1.165, 1.54) is 4.90 Å². The van der Waals surface area contributed by atoms with Gasteiger partial charge < -0.3 is 15.4 Å². The lowest BCUT2D eigenvalue weighted by Gasteiger charge is -2.27. The topological polar surface area (TPSA) is 55.6 Å². The zero-order chi connectivity index (χ0) is 14.7. The van der Waals surface area contributed by atoms with Gasteiger partial charge in [-0.2, -0.15) is 0 Å². The predicted octanol–water partition coefficient (Wildman–Crippen LogP) is 2.19. The third kappa shape index (κ3) is 3.25. The van der Waals surface area contributed by atoms with Crippen LogP contribution >= 0.6 is 0 Å². The van der Waals surface area contributed by atoms with Crippen molar-refractivity contribution in [2.24, 2.45) is 0 Å². The quantitative estimate of drug-likeness (QED) is 0.866. The standard InChI is InChI=1S/C14H18F2N2O2/c1-18(8-9-4-2-3-5-20-9)14(19)10-6-13(17)12(16)7-11(10)15/h6-7,9H,2-5,8,17H2,1H3. The Morgan fingerprint density at radius 1 is 1.40 bits per heavy atom. The number of likely N-dealkylation sites (N-methyl/N-ethyl adjacent to an activating group) is 1. The van der Waals surface area contributed by atoms with Gasteiger partial charge in [0.1, 0.15) is 11.6 Å². The molecule has 0 aliphatic carbocycles. The Balaban J connectivity index is 2.08. The average Bonchev–Trinajstić information content (AvgIpc) is 2.43. The molecule has 1 atom stereocenters. The highest BCUT2D eigenvalue weighted by Gasteiger charge is 2.22. The minimum absolute atomic E-state index is 0.0291. The van der Waals surface area contributed by atoms with Crippen LogP contribution < -0.4 is 5.73 Å². The molecule has 0 saturated carbocycles. The first-order chi connectivity index (χ1) is 9.49. The number of anilines is 1. The molecule has 0 aromatic heterocycles. The van der Waals surface area contributed by atoms with Gasteiger partial charge >= 0.3 is 0 Å². The summed E-state index contributed by atoms with van der Waals surface area (Å²) >= 11 is 0. The number of halogens is 2. The molecule has 1 aromatic rings. The lowest BCUT2D eigenvalue weighted by atomic mass is 10.1. The molecule has 1 aromatic carbocycles. The highest BCUT2D eigenvalue weighted by molar-refractivity contribution is 5.95. The molecule has 1 amide bonds. The number of hydrogen-bond donors (Lipinski definition) is 1. The fourth-order valence-corrected chi connectivity index (χ4v) is 2.28. The van der Waals surface area contributed by atoms with Gasteiger partial charge in [0.25, 0.3) is 5.91 Å². The predicted molar refractivity (Wildman–Crippen MR) is 71.3 cm³/mol. The number of carbonyl (C=O) groups excluding carboxylic acids is 1. The van der Waals surface area contributed by atoms with Gasteiger partial charge in [0.15, 0.2) is 0 Å². The van der Waals surface area contributed by atoms with Gasteiger partial charge in [-0.1, -0.05) is 0 Å². The molecule has 1 unspecified atom stereocenters. The summed E-state index contributed by atoms with van der Waals surface area (Å²) in [4.78, 5) is 13.5. The van der Waals surface area contributed by atoms with E-state index in [1.54, 1.807) is 7.05 Å². The summed E-state index contributed by atoms with van der Waals surface area (Å²) in [7, 11) is 1.57. The fourth-order valence-electron chi connectivity index (χ4n) is 2.28. The van der Waals surface area contributed by atoms with Gasteiger partial charge in [0, 0.05) is 26.3 Å². The maximum absolute atomic E-state index is 13.6. The van der Waals surface area contributed by atoms with Gasteiger partial charge in [-0.25, -0.2) is 8.78 Å². The van der Waals surface area contributed by atoms with Crippen molar-refractivity contribution < 1.29 is 18.3 Å². The molecule has 110 valence electrons. The van der Waals surface area contributed by atoms with E-state index in [-0.39, 0.29) is 17.4 Å². The Bertz CT molecular complexity index is 502. The second kappa shape index (κ2) is 6.17. The third-order valence-corrected chi connectivity index (χ3v) is 3.41. The zero-order valence-corrected chi connectivity index (χ0v) is 11.4. The molecule has 1 aliphatic rings. The Labute approximate surface area is 116 Å². The zero-order valence-electron chi connectivity index (χ0n) is 11.4. The first-order valence-electron chi connectivity index (χ1n) is 6.60. The monoisotopic (exact) mass is 284 g/mol. The van der Waals surface area contributed by atoms with Crippen LogP contribution in [0, 0.1) is 11.6 Å². The van der Waals surface area contributed by atoms with Crippen LogP contribution in [-0.2, 0) is 4.74 Å². The first-order valence-corrected chi connectivity index (χ1v) is 6.60. The lowest BCUT2D eigenvalue weighted by Crippen LogP contribution is -2.37. The van der Waals surface area contributed by atoms with Crippen molar-refractivity contribution in [3.8, 4) is 0 Å². The van der Waals surface area contributed by atoms with Crippen molar-refractivity contribution in [3.63, 3.8) is 0 Å². The van der Waals surface area contributed by atoms with Crippen LogP contribution in [0.4, 0.5) is 14.5 Å². The van der Waals surface area contributed by atoms with E-state index in [1.807, 2.05) is 0 Å². The highest BCUT2D eigenvalue weighted by atomic mass is 19.1.